The highest BCUT2D eigenvalue weighted by Gasteiger charge is 2.16. The number of hydrogen-bond acceptors (Lipinski definition) is 2. The first-order valence-electron chi connectivity index (χ1n) is 5.73. The molecule has 3 nitrogen and oxygen atoms in total. The Kier molecular flexibility index (Phi) is 4.47. The zero-order valence-corrected chi connectivity index (χ0v) is 13.8. The van der Waals surface area contributed by atoms with Crippen molar-refractivity contribution in [3.63, 3.8) is 0 Å². The van der Waals surface area contributed by atoms with Gasteiger partial charge in [0.25, 0.3) is 5.91 Å². The zero-order chi connectivity index (χ0) is 14.0. The van der Waals surface area contributed by atoms with E-state index in [4.69, 9.17) is 4.42 Å². The van der Waals surface area contributed by atoms with Gasteiger partial charge in [0.2, 0.25) is 0 Å². The summed E-state index contributed by atoms with van der Waals surface area (Å²) in [6.45, 7) is 2.42. The van der Waals surface area contributed by atoms with Gasteiger partial charge in [-0.15, -0.1) is 0 Å². The lowest BCUT2D eigenvalue weighted by Crippen LogP contribution is -2.26. The minimum atomic E-state index is -0.0422. The van der Waals surface area contributed by atoms with Gasteiger partial charge in [-0.05, 0) is 68.6 Å². The third-order valence-electron chi connectivity index (χ3n) is 2.72. The lowest BCUT2D eigenvalue weighted by Gasteiger charge is -2.16. The molecule has 19 heavy (non-hydrogen) atoms. The molecule has 100 valence electrons. The first-order chi connectivity index (χ1) is 8.97. The van der Waals surface area contributed by atoms with Crippen molar-refractivity contribution in [1.82, 2.24) is 4.90 Å². The van der Waals surface area contributed by atoms with Crippen molar-refractivity contribution in [3.8, 4) is 0 Å². The normalized spacial score (nSPS) is 10.5. The second-order valence-corrected chi connectivity index (χ2v) is 5.99. The summed E-state index contributed by atoms with van der Waals surface area (Å²) in [5.41, 5.74) is 1.76. The third kappa shape index (κ3) is 3.48. The molecule has 2 aromatic rings. The third-order valence-corrected chi connectivity index (χ3v) is 3.81. The van der Waals surface area contributed by atoms with Gasteiger partial charge in [-0.25, -0.2) is 0 Å². The highest BCUT2D eigenvalue weighted by molar-refractivity contribution is 9.10. The van der Waals surface area contributed by atoms with Crippen LogP contribution >= 0.6 is 31.9 Å². The van der Waals surface area contributed by atoms with Gasteiger partial charge < -0.3 is 9.32 Å². The van der Waals surface area contributed by atoms with Crippen LogP contribution in [0.25, 0.3) is 0 Å². The maximum Gasteiger partial charge on any atom is 0.255 e. The van der Waals surface area contributed by atoms with Crippen molar-refractivity contribution >= 4 is 37.8 Å². The molecule has 0 radical (unpaired) electrons. The van der Waals surface area contributed by atoms with Crippen LogP contribution in [0.1, 0.15) is 21.7 Å². The van der Waals surface area contributed by atoms with Crippen LogP contribution in [0.2, 0.25) is 0 Å². The lowest BCUT2D eigenvalue weighted by atomic mass is 10.1. The van der Waals surface area contributed by atoms with E-state index in [2.05, 4.69) is 31.9 Å². The maximum atomic E-state index is 12.3. The summed E-state index contributed by atoms with van der Waals surface area (Å²) < 4.78 is 6.88. The van der Waals surface area contributed by atoms with Gasteiger partial charge in [0, 0.05) is 11.5 Å². The van der Waals surface area contributed by atoms with E-state index in [0.717, 1.165) is 15.8 Å². The van der Waals surface area contributed by atoms with Crippen molar-refractivity contribution in [2.75, 3.05) is 7.05 Å². The lowest BCUT2D eigenvalue weighted by molar-refractivity contribution is 0.0774. The maximum absolute atomic E-state index is 12.3. The molecule has 0 aliphatic heterocycles. The number of hydrogen-bond donors (Lipinski definition) is 0. The fourth-order valence-electron chi connectivity index (χ4n) is 1.74. The molecular formula is C14H13Br2NO2. The molecule has 1 heterocycles. The summed E-state index contributed by atoms with van der Waals surface area (Å²) in [6.07, 6.45) is 0. The molecule has 0 saturated carbocycles. The van der Waals surface area contributed by atoms with Gasteiger partial charge in [0.1, 0.15) is 5.76 Å². The predicted octanol–water partition coefficient (Wildman–Crippen LogP) is 4.39. The Labute approximate surface area is 128 Å². The van der Waals surface area contributed by atoms with Crippen LogP contribution in [0.15, 0.2) is 43.9 Å². The molecule has 0 bridgehead atoms. The highest BCUT2D eigenvalue weighted by Crippen LogP contribution is 2.21. The first kappa shape index (κ1) is 14.3. The van der Waals surface area contributed by atoms with Gasteiger partial charge in [-0.3, -0.25) is 4.79 Å². The zero-order valence-electron chi connectivity index (χ0n) is 10.6. The second-order valence-electron chi connectivity index (χ2n) is 4.35. The number of furan rings is 1. The van der Waals surface area contributed by atoms with Gasteiger partial charge in [-0.1, -0.05) is 6.07 Å². The molecule has 1 aromatic heterocycles. The quantitative estimate of drug-likeness (QED) is 0.783. The van der Waals surface area contributed by atoms with E-state index >= 15 is 0 Å². The number of aryl methyl sites for hydroxylation is 1. The minimum absolute atomic E-state index is 0.0422. The Morgan fingerprint density at radius 3 is 2.58 bits per heavy atom. The molecule has 0 spiro atoms. The van der Waals surface area contributed by atoms with Crippen molar-refractivity contribution in [3.05, 3.63) is 56.4 Å². The smallest absolute Gasteiger partial charge is 0.255 e. The van der Waals surface area contributed by atoms with Gasteiger partial charge in [0.15, 0.2) is 4.67 Å². The Morgan fingerprint density at radius 2 is 2.00 bits per heavy atom. The fourth-order valence-corrected chi connectivity index (χ4v) is 2.74. The number of benzene rings is 1. The van der Waals surface area contributed by atoms with Gasteiger partial charge in [-0.2, -0.15) is 0 Å². The number of rotatable bonds is 3. The molecule has 0 saturated heterocycles. The van der Waals surface area contributed by atoms with E-state index in [9.17, 15) is 4.79 Å². The number of halogens is 2. The minimum Gasteiger partial charge on any atom is -0.452 e. The van der Waals surface area contributed by atoms with Crippen LogP contribution in [0.4, 0.5) is 0 Å². The van der Waals surface area contributed by atoms with Gasteiger partial charge >= 0.3 is 0 Å². The molecule has 0 aliphatic rings. The summed E-state index contributed by atoms with van der Waals surface area (Å²) in [5, 5.41) is 0. The molecule has 1 aromatic carbocycles. The van der Waals surface area contributed by atoms with E-state index in [1.807, 2.05) is 37.3 Å². The van der Waals surface area contributed by atoms with E-state index < -0.39 is 0 Å². The second kappa shape index (κ2) is 5.92. The topological polar surface area (TPSA) is 33.5 Å². The molecule has 0 unspecified atom stereocenters. The average molecular weight is 387 g/mol. The molecular weight excluding hydrogens is 374 g/mol. The molecule has 0 atom stereocenters. The Morgan fingerprint density at radius 1 is 1.26 bits per heavy atom. The van der Waals surface area contributed by atoms with E-state index in [1.54, 1.807) is 11.9 Å². The summed E-state index contributed by atoms with van der Waals surface area (Å²) in [6, 6.07) is 9.35. The number of amides is 1. The summed E-state index contributed by atoms with van der Waals surface area (Å²) >= 11 is 6.67. The Balaban J connectivity index is 2.14. The molecule has 1 amide bonds. The Bertz CT molecular complexity index is 607. The summed E-state index contributed by atoms with van der Waals surface area (Å²) in [7, 11) is 1.76. The largest absolute Gasteiger partial charge is 0.452 e. The fraction of sp³-hybridized carbons (Fsp3) is 0.214. The van der Waals surface area contributed by atoms with Crippen molar-refractivity contribution in [1.29, 1.82) is 0 Å². The van der Waals surface area contributed by atoms with Crippen molar-refractivity contribution in [2.45, 2.75) is 13.5 Å². The first-order valence-corrected chi connectivity index (χ1v) is 7.32. The number of carbonyl (C=O) groups is 1. The van der Waals surface area contributed by atoms with Crippen LogP contribution in [0.5, 0.6) is 0 Å². The van der Waals surface area contributed by atoms with E-state index in [-0.39, 0.29) is 5.91 Å². The van der Waals surface area contributed by atoms with Crippen LogP contribution in [0.3, 0.4) is 0 Å². The highest BCUT2D eigenvalue weighted by atomic mass is 79.9. The number of nitrogens with zero attached hydrogens (tertiary/aromatic N) is 1. The Hall–Kier alpha value is -1.07. The summed E-state index contributed by atoms with van der Waals surface area (Å²) in [5.74, 6) is 0.699. The standard InChI is InChI=1S/C14H13Br2NO2/c1-9-3-5-11(12(15)7-9)14(18)17(2)8-10-4-6-13(16)19-10/h3-7H,8H2,1-2H3. The van der Waals surface area contributed by atoms with Crippen LogP contribution in [0, 0.1) is 6.92 Å². The molecule has 2 rings (SSSR count). The molecule has 0 N–H and O–H groups in total. The van der Waals surface area contributed by atoms with Crippen LogP contribution in [-0.4, -0.2) is 17.9 Å². The van der Waals surface area contributed by atoms with Crippen LogP contribution in [-0.2, 0) is 6.54 Å². The van der Waals surface area contributed by atoms with E-state index in [0.29, 0.717) is 16.8 Å². The molecule has 0 aliphatic carbocycles. The molecule has 0 fully saturated rings. The predicted molar refractivity (Wildman–Crippen MR) is 81.1 cm³/mol. The van der Waals surface area contributed by atoms with E-state index in [1.165, 1.54) is 0 Å². The monoisotopic (exact) mass is 385 g/mol. The number of carbonyl (C=O) groups excluding carboxylic acids is 1. The summed E-state index contributed by atoms with van der Waals surface area (Å²) in [4.78, 5) is 14.0. The van der Waals surface area contributed by atoms with Crippen LogP contribution < -0.4 is 0 Å². The average Bonchev–Trinajstić information content (AvgIpc) is 2.74. The SMILES string of the molecule is Cc1ccc(C(=O)N(C)Cc2ccc(Br)o2)c(Br)c1. The molecule has 5 heteroatoms. The van der Waals surface area contributed by atoms with Crippen molar-refractivity contribution < 1.29 is 9.21 Å². The van der Waals surface area contributed by atoms with Gasteiger partial charge in [0.05, 0.1) is 12.1 Å². The van der Waals surface area contributed by atoms with Crippen molar-refractivity contribution in [2.24, 2.45) is 0 Å².